The van der Waals surface area contributed by atoms with E-state index in [0.717, 1.165) is 11.8 Å². The largest absolute Gasteiger partial charge is 0.382 e. The molecule has 0 saturated carbocycles. The van der Waals surface area contributed by atoms with Crippen LogP contribution in [0.15, 0.2) is 22.9 Å². The number of nitrogens with zero attached hydrogens (tertiary/aromatic N) is 4. The second-order valence-corrected chi connectivity index (χ2v) is 5.85. The minimum Gasteiger partial charge on any atom is -0.382 e. The minimum atomic E-state index is -0.411. The van der Waals surface area contributed by atoms with Crippen LogP contribution >= 0.6 is 23.1 Å². The first-order chi connectivity index (χ1) is 9.60. The summed E-state index contributed by atoms with van der Waals surface area (Å²) in [6, 6.07) is 1.88. The predicted octanol–water partition coefficient (Wildman–Crippen LogP) is 1.51. The molecule has 20 heavy (non-hydrogen) atoms. The number of rotatable bonds is 4. The molecule has 2 aromatic heterocycles. The predicted molar refractivity (Wildman–Crippen MR) is 77.2 cm³/mol. The van der Waals surface area contributed by atoms with Crippen molar-refractivity contribution in [3.63, 3.8) is 0 Å². The fourth-order valence-electron chi connectivity index (χ4n) is 1.22. The van der Waals surface area contributed by atoms with Gasteiger partial charge >= 0.3 is 0 Å². The van der Waals surface area contributed by atoms with Gasteiger partial charge in [0.2, 0.25) is 5.91 Å². The van der Waals surface area contributed by atoms with Gasteiger partial charge in [-0.25, -0.2) is 15.0 Å². The lowest BCUT2D eigenvalue weighted by Gasteiger charge is -2.09. The number of anilines is 2. The molecule has 1 atom stereocenters. The first-order valence-electron chi connectivity index (χ1n) is 5.49. The van der Waals surface area contributed by atoms with Gasteiger partial charge in [0.25, 0.3) is 0 Å². The normalized spacial score (nSPS) is 11.6. The van der Waals surface area contributed by atoms with Crippen molar-refractivity contribution in [2.45, 2.75) is 17.3 Å². The number of thiazole rings is 1. The summed E-state index contributed by atoms with van der Waals surface area (Å²) >= 11 is 2.50. The zero-order valence-electron chi connectivity index (χ0n) is 10.4. The van der Waals surface area contributed by atoms with Crippen molar-refractivity contribution in [3.05, 3.63) is 23.3 Å². The molecule has 0 radical (unpaired) electrons. The fourth-order valence-corrected chi connectivity index (χ4v) is 2.50. The summed E-state index contributed by atoms with van der Waals surface area (Å²) in [7, 11) is 0. The van der Waals surface area contributed by atoms with E-state index in [2.05, 4.69) is 20.3 Å². The molecule has 7 nitrogen and oxygen atoms in total. The van der Waals surface area contributed by atoms with Crippen molar-refractivity contribution in [3.8, 4) is 6.07 Å². The molecule has 0 aromatic carbocycles. The van der Waals surface area contributed by atoms with Gasteiger partial charge in [-0.3, -0.25) is 4.79 Å². The summed E-state index contributed by atoms with van der Waals surface area (Å²) in [5, 5.41) is 13.7. The van der Waals surface area contributed by atoms with Crippen molar-refractivity contribution in [1.29, 1.82) is 5.26 Å². The number of hydrogen-bond donors (Lipinski definition) is 2. The highest BCUT2D eigenvalue weighted by molar-refractivity contribution is 8.00. The zero-order chi connectivity index (χ0) is 14.5. The Bertz CT molecular complexity index is 651. The first kappa shape index (κ1) is 14.2. The van der Waals surface area contributed by atoms with Gasteiger partial charge < -0.3 is 11.1 Å². The van der Waals surface area contributed by atoms with Crippen LogP contribution in [0.5, 0.6) is 0 Å². The van der Waals surface area contributed by atoms with Gasteiger partial charge in [-0.05, 0) is 6.92 Å². The van der Waals surface area contributed by atoms with Crippen LogP contribution in [0.3, 0.4) is 0 Å². The van der Waals surface area contributed by atoms with E-state index in [1.54, 1.807) is 18.5 Å². The van der Waals surface area contributed by atoms with Gasteiger partial charge in [-0.15, -0.1) is 11.3 Å². The summed E-state index contributed by atoms with van der Waals surface area (Å²) in [6.07, 6.45) is 2.96. The van der Waals surface area contributed by atoms with Crippen molar-refractivity contribution >= 4 is 40.0 Å². The standard InChI is InChI=1S/C11H10N6OS2/c1-6(9(18)17-10-14-2-3-19-10)20-11-15-5-7(4-12)8(13)16-11/h2-3,5-6H,1H3,(H2,13,15,16)(H,14,17,18)/t6-/m0/s1. The Morgan fingerprint density at radius 3 is 3.00 bits per heavy atom. The molecule has 102 valence electrons. The molecule has 0 bridgehead atoms. The molecule has 1 amide bonds. The quantitative estimate of drug-likeness (QED) is 0.649. The van der Waals surface area contributed by atoms with E-state index in [0.29, 0.717) is 10.3 Å². The van der Waals surface area contributed by atoms with Gasteiger partial charge in [-0.2, -0.15) is 5.26 Å². The lowest BCUT2D eigenvalue weighted by Crippen LogP contribution is -2.22. The number of carbonyl (C=O) groups excluding carboxylic acids is 1. The molecule has 0 aliphatic carbocycles. The maximum atomic E-state index is 11.9. The summed E-state index contributed by atoms with van der Waals surface area (Å²) in [5.74, 6) is -0.0889. The lowest BCUT2D eigenvalue weighted by atomic mass is 10.3. The number of amides is 1. The number of nitrogens with one attached hydrogen (secondary N) is 1. The van der Waals surface area contributed by atoms with Crippen LogP contribution in [0.2, 0.25) is 0 Å². The fraction of sp³-hybridized carbons (Fsp3) is 0.182. The summed E-state index contributed by atoms with van der Waals surface area (Å²) < 4.78 is 0. The Balaban J connectivity index is 2.00. The van der Waals surface area contributed by atoms with Crippen LogP contribution in [0, 0.1) is 11.3 Å². The van der Waals surface area contributed by atoms with E-state index in [1.165, 1.54) is 17.5 Å². The molecular formula is C11H10N6OS2. The number of nitrogen functional groups attached to an aromatic ring is 1. The molecule has 9 heteroatoms. The van der Waals surface area contributed by atoms with Gasteiger partial charge in [0.05, 0.1) is 11.4 Å². The SMILES string of the molecule is C[C@H](Sc1ncc(C#N)c(N)n1)C(=O)Nc1nccs1. The number of aromatic nitrogens is 3. The van der Waals surface area contributed by atoms with Crippen molar-refractivity contribution < 1.29 is 4.79 Å². The molecule has 0 aliphatic rings. The summed E-state index contributed by atoms with van der Waals surface area (Å²) in [4.78, 5) is 23.9. The molecular weight excluding hydrogens is 296 g/mol. The second kappa shape index (κ2) is 6.31. The van der Waals surface area contributed by atoms with Crippen molar-refractivity contribution in [2.75, 3.05) is 11.1 Å². The van der Waals surface area contributed by atoms with E-state index >= 15 is 0 Å². The van der Waals surface area contributed by atoms with Crippen LogP contribution in [-0.4, -0.2) is 26.1 Å². The van der Waals surface area contributed by atoms with E-state index in [9.17, 15) is 4.79 Å². The first-order valence-corrected chi connectivity index (χ1v) is 7.25. The molecule has 0 fully saturated rings. The molecule has 0 spiro atoms. The molecule has 2 rings (SSSR count). The van der Waals surface area contributed by atoms with Crippen LogP contribution in [0.1, 0.15) is 12.5 Å². The van der Waals surface area contributed by atoms with Crippen LogP contribution in [0.4, 0.5) is 10.9 Å². The average molecular weight is 306 g/mol. The van der Waals surface area contributed by atoms with Crippen LogP contribution in [-0.2, 0) is 4.79 Å². The highest BCUT2D eigenvalue weighted by Gasteiger charge is 2.17. The third-order valence-corrected chi connectivity index (χ3v) is 3.89. The minimum absolute atomic E-state index is 0.109. The molecule has 3 N–H and O–H groups in total. The van der Waals surface area contributed by atoms with Crippen LogP contribution in [0.25, 0.3) is 0 Å². The number of carbonyl (C=O) groups is 1. The number of nitriles is 1. The van der Waals surface area contributed by atoms with Gasteiger partial charge in [-0.1, -0.05) is 11.8 Å². The average Bonchev–Trinajstić information content (AvgIpc) is 2.91. The van der Waals surface area contributed by atoms with Gasteiger partial charge in [0, 0.05) is 11.6 Å². The zero-order valence-corrected chi connectivity index (χ0v) is 12.0. The highest BCUT2D eigenvalue weighted by Crippen LogP contribution is 2.22. The van der Waals surface area contributed by atoms with E-state index in [1.807, 2.05) is 6.07 Å². The maximum absolute atomic E-state index is 11.9. The molecule has 0 unspecified atom stereocenters. The Kier molecular flexibility index (Phi) is 4.49. The summed E-state index contributed by atoms with van der Waals surface area (Å²) in [5.41, 5.74) is 5.81. The Morgan fingerprint density at radius 2 is 2.40 bits per heavy atom. The third-order valence-electron chi connectivity index (χ3n) is 2.23. The lowest BCUT2D eigenvalue weighted by molar-refractivity contribution is -0.115. The van der Waals surface area contributed by atoms with Crippen LogP contribution < -0.4 is 11.1 Å². The third kappa shape index (κ3) is 3.43. The monoisotopic (exact) mass is 306 g/mol. The topological polar surface area (TPSA) is 118 Å². The Labute approximate surface area is 123 Å². The van der Waals surface area contributed by atoms with E-state index in [-0.39, 0.29) is 17.3 Å². The van der Waals surface area contributed by atoms with E-state index < -0.39 is 5.25 Å². The highest BCUT2D eigenvalue weighted by atomic mass is 32.2. The smallest absolute Gasteiger partial charge is 0.239 e. The number of nitrogens with two attached hydrogens (primary N) is 1. The van der Waals surface area contributed by atoms with Crippen molar-refractivity contribution in [2.24, 2.45) is 0 Å². The number of thioether (sulfide) groups is 1. The maximum Gasteiger partial charge on any atom is 0.239 e. The molecule has 2 aromatic rings. The molecule has 0 aliphatic heterocycles. The van der Waals surface area contributed by atoms with Gasteiger partial charge in [0.1, 0.15) is 17.5 Å². The van der Waals surface area contributed by atoms with E-state index in [4.69, 9.17) is 11.0 Å². The Hall–Kier alpha value is -2.18. The van der Waals surface area contributed by atoms with Gasteiger partial charge in [0.15, 0.2) is 10.3 Å². The second-order valence-electron chi connectivity index (χ2n) is 3.65. The summed E-state index contributed by atoms with van der Waals surface area (Å²) in [6.45, 7) is 1.73. The number of hydrogen-bond acceptors (Lipinski definition) is 8. The van der Waals surface area contributed by atoms with Crippen molar-refractivity contribution in [1.82, 2.24) is 15.0 Å². The molecule has 2 heterocycles. The Morgan fingerprint density at radius 1 is 1.60 bits per heavy atom. The molecule has 0 saturated heterocycles.